The number of benzene rings is 2. The van der Waals surface area contributed by atoms with Gasteiger partial charge in [-0.1, -0.05) is 41.9 Å². The van der Waals surface area contributed by atoms with Gasteiger partial charge in [0.2, 0.25) is 11.6 Å². The third-order valence-corrected chi connectivity index (χ3v) is 4.08. The summed E-state index contributed by atoms with van der Waals surface area (Å²) in [6.45, 7) is 0. The van der Waals surface area contributed by atoms with Crippen LogP contribution < -0.4 is 21.7 Å². The third-order valence-electron chi connectivity index (χ3n) is 3.75. The van der Waals surface area contributed by atoms with Gasteiger partial charge in [-0.05, 0) is 24.3 Å². The number of aromatic nitrogens is 2. The molecule has 0 saturated heterocycles. The van der Waals surface area contributed by atoms with E-state index < -0.39 is 22.4 Å². The maximum atomic E-state index is 12.2. The van der Waals surface area contributed by atoms with E-state index in [4.69, 9.17) is 11.6 Å². The van der Waals surface area contributed by atoms with E-state index in [0.717, 1.165) is 6.33 Å². The molecule has 0 atom stereocenters. The lowest BCUT2D eigenvalue weighted by atomic mass is 10.2. The van der Waals surface area contributed by atoms with Crippen molar-refractivity contribution in [3.8, 4) is 0 Å². The third kappa shape index (κ3) is 4.77. The first-order valence-electron chi connectivity index (χ1n) is 8.39. The van der Waals surface area contributed by atoms with Crippen molar-refractivity contribution in [3.05, 3.63) is 87.2 Å². The number of hydrogen-bond donors (Lipinski definition) is 4. The largest absolute Gasteiger partial charge is 0.356 e. The van der Waals surface area contributed by atoms with Gasteiger partial charge in [0.1, 0.15) is 6.33 Å². The standard InChI is InChI=1S/C18H14ClN7O4/c19-13-9-5-4-8-12(13)18(28)25-23-16-14(26(29)30)15(20-10-21-16)22-24-17(27)11-6-2-1-3-7-11/h1-10H,(H,24,27)(H,25,28)(H2,20,21,22,23). The summed E-state index contributed by atoms with van der Waals surface area (Å²) in [6, 6.07) is 14.5. The van der Waals surface area contributed by atoms with Crippen LogP contribution in [0.5, 0.6) is 0 Å². The molecular formula is C18H14ClN7O4. The van der Waals surface area contributed by atoms with E-state index in [9.17, 15) is 19.7 Å². The summed E-state index contributed by atoms with van der Waals surface area (Å²) in [5, 5.41) is 11.7. The van der Waals surface area contributed by atoms with Gasteiger partial charge in [0, 0.05) is 5.56 Å². The molecule has 0 unspecified atom stereocenters. The van der Waals surface area contributed by atoms with Crippen molar-refractivity contribution in [2.45, 2.75) is 0 Å². The van der Waals surface area contributed by atoms with Crippen molar-refractivity contribution in [1.29, 1.82) is 0 Å². The van der Waals surface area contributed by atoms with Gasteiger partial charge in [-0.2, -0.15) is 0 Å². The first kappa shape index (κ1) is 20.5. The molecule has 1 aromatic heterocycles. The van der Waals surface area contributed by atoms with E-state index >= 15 is 0 Å². The smallest absolute Gasteiger partial charge is 0.276 e. The highest BCUT2D eigenvalue weighted by Gasteiger charge is 2.24. The molecular weight excluding hydrogens is 414 g/mol. The minimum atomic E-state index is -0.763. The summed E-state index contributed by atoms with van der Waals surface area (Å²) in [6.07, 6.45) is 1.02. The number of nitro groups is 1. The molecule has 2 aromatic carbocycles. The molecule has 4 N–H and O–H groups in total. The van der Waals surface area contributed by atoms with Crippen LogP contribution in [0.4, 0.5) is 17.3 Å². The first-order valence-corrected chi connectivity index (χ1v) is 8.77. The molecule has 2 amide bonds. The predicted octanol–water partition coefficient (Wildman–Crippen LogP) is 2.55. The van der Waals surface area contributed by atoms with Gasteiger partial charge in [0.15, 0.2) is 0 Å². The second kappa shape index (κ2) is 9.30. The Morgan fingerprint density at radius 2 is 1.43 bits per heavy atom. The zero-order valence-electron chi connectivity index (χ0n) is 15.1. The lowest BCUT2D eigenvalue weighted by molar-refractivity contribution is -0.383. The van der Waals surface area contributed by atoms with Gasteiger partial charge in [-0.25, -0.2) is 9.97 Å². The quantitative estimate of drug-likeness (QED) is 0.331. The highest BCUT2D eigenvalue weighted by molar-refractivity contribution is 6.33. The minimum Gasteiger partial charge on any atom is -0.276 e. The number of hydrazine groups is 2. The fourth-order valence-corrected chi connectivity index (χ4v) is 2.56. The highest BCUT2D eigenvalue weighted by Crippen LogP contribution is 2.28. The van der Waals surface area contributed by atoms with Crippen LogP contribution in [0.3, 0.4) is 0 Å². The van der Waals surface area contributed by atoms with Crippen molar-refractivity contribution in [2.75, 3.05) is 10.9 Å². The summed E-state index contributed by atoms with van der Waals surface area (Å²) in [7, 11) is 0. The Labute approximate surface area is 174 Å². The molecule has 1 heterocycles. The Kier molecular flexibility index (Phi) is 6.35. The maximum Gasteiger partial charge on any atom is 0.356 e. The average Bonchev–Trinajstić information content (AvgIpc) is 2.76. The zero-order valence-corrected chi connectivity index (χ0v) is 15.9. The Hall–Kier alpha value is -4.25. The number of hydrogen-bond acceptors (Lipinski definition) is 8. The monoisotopic (exact) mass is 427 g/mol. The average molecular weight is 428 g/mol. The summed E-state index contributed by atoms with van der Waals surface area (Å²) in [5.74, 6) is -1.73. The van der Waals surface area contributed by atoms with E-state index in [1.165, 1.54) is 12.1 Å². The van der Waals surface area contributed by atoms with Crippen molar-refractivity contribution < 1.29 is 14.5 Å². The van der Waals surface area contributed by atoms with Crippen LogP contribution in [0, 0.1) is 10.1 Å². The first-order chi connectivity index (χ1) is 14.5. The van der Waals surface area contributed by atoms with Gasteiger partial charge in [-0.3, -0.25) is 41.4 Å². The molecule has 0 radical (unpaired) electrons. The van der Waals surface area contributed by atoms with Crippen LogP contribution in [0.1, 0.15) is 20.7 Å². The molecule has 0 aliphatic rings. The molecule has 0 bridgehead atoms. The Morgan fingerprint density at radius 3 is 2.03 bits per heavy atom. The molecule has 3 rings (SSSR count). The second-order valence-electron chi connectivity index (χ2n) is 5.68. The van der Waals surface area contributed by atoms with Gasteiger partial charge in [0.05, 0.1) is 15.5 Å². The Morgan fingerprint density at radius 1 is 0.867 bits per heavy atom. The number of carbonyl (C=O) groups is 2. The molecule has 0 fully saturated rings. The van der Waals surface area contributed by atoms with Crippen LogP contribution in [-0.4, -0.2) is 26.7 Å². The molecule has 3 aromatic rings. The molecule has 0 aliphatic carbocycles. The van der Waals surface area contributed by atoms with E-state index in [0.29, 0.717) is 5.56 Å². The summed E-state index contributed by atoms with van der Waals surface area (Å²) < 4.78 is 0. The van der Waals surface area contributed by atoms with Crippen LogP contribution in [0.2, 0.25) is 5.02 Å². The summed E-state index contributed by atoms with van der Waals surface area (Å²) >= 11 is 5.96. The van der Waals surface area contributed by atoms with Crippen LogP contribution in [0.15, 0.2) is 60.9 Å². The zero-order chi connectivity index (χ0) is 21.5. The number of rotatable bonds is 7. The number of amides is 2. The minimum absolute atomic E-state index is 0.164. The van der Waals surface area contributed by atoms with Gasteiger partial charge >= 0.3 is 5.69 Å². The van der Waals surface area contributed by atoms with Crippen LogP contribution in [0.25, 0.3) is 0 Å². The van der Waals surface area contributed by atoms with Gasteiger partial charge in [-0.15, -0.1) is 0 Å². The number of halogens is 1. The number of nitrogens with one attached hydrogen (secondary N) is 4. The van der Waals surface area contributed by atoms with Crippen molar-refractivity contribution >= 4 is 40.7 Å². The fraction of sp³-hybridized carbons (Fsp3) is 0. The molecule has 11 nitrogen and oxygen atoms in total. The lowest BCUT2D eigenvalue weighted by Crippen LogP contribution is -2.32. The molecule has 0 spiro atoms. The van der Waals surface area contributed by atoms with E-state index in [-0.39, 0.29) is 22.2 Å². The normalized spacial score (nSPS) is 10.0. The summed E-state index contributed by atoms with van der Waals surface area (Å²) in [4.78, 5) is 42.7. The Bertz CT molecular complexity index is 1090. The topological polar surface area (TPSA) is 151 Å². The number of carbonyl (C=O) groups excluding carboxylic acids is 2. The van der Waals surface area contributed by atoms with Crippen molar-refractivity contribution in [3.63, 3.8) is 0 Å². The van der Waals surface area contributed by atoms with E-state index in [1.807, 2.05) is 0 Å². The van der Waals surface area contributed by atoms with E-state index in [2.05, 4.69) is 31.7 Å². The molecule has 152 valence electrons. The SMILES string of the molecule is O=C(NNc1ncnc(NNC(=O)c2ccccc2Cl)c1[N+](=O)[O-])c1ccccc1. The van der Waals surface area contributed by atoms with Crippen LogP contribution >= 0.6 is 11.6 Å². The highest BCUT2D eigenvalue weighted by atomic mass is 35.5. The number of nitrogens with zero attached hydrogens (tertiary/aromatic N) is 3. The second-order valence-corrected chi connectivity index (χ2v) is 6.09. The van der Waals surface area contributed by atoms with Gasteiger partial charge in [0.25, 0.3) is 11.8 Å². The molecule has 0 saturated carbocycles. The number of anilines is 2. The maximum absolute atomic E-state index is 12.2. The fourth-order valence-electron chi connectivity index (χ4n) is 2.34. The summed E-state index contributed by atoms with van der Waals surface area (Å²) in [5.41, 5.74) is 9.29. The molecule has 12 heteroatoms. The predicted molar refractivity (Wildman–Crippen MR) is 109 cm³/mol. The van der Waals surface area contributed by atoms with Crippen LogP contribution in [-0.2, 0) is 0 Å². The van der Waals surface area contributed by atoms with Gasteiger partial charge < -0.3 is 0 Å². The Balaban J connectivity index is 1.74. The van der Waals surface area contributed by atoms with E-state index in [1.54, 1.807) is 42.5 Å². The molecule has 0 aliphatic heterocycles. The molecule has 30 heavy (non-hydrogen) atoms. The van der Waals surface area contributed by atoms with Crippen molar-refractivity contribution in [2.24, 2.45) is 0 Å². The van der Waals surface area contributed by atoms with Crippen molar-refractivity contribution in [1.82, 2.24) is 20.8 Å². The lowest BCUT2D eigenvalue weighted by Gasteiger charge is -2.12.